The Hall–Kier alpha value is -0.370. The van der Waals surface area contributed by atoms with Crippen molar-refractivity contribution >= 4 is 0 Å². The summed E-state index contributed by atoms with van der Waals surface area (Å²) in [6.45, 7) is 2.94. The minimum absolute atomic E-state index is 0.806. The van der Waals surface area contributed by atoms with E-state index >= 15 is 0 Å². The first kappa shape index (κ1) is 4.63. The number of halogens is 1. The zero-order chi connectivity index (χ0) is 4.28. The molecule has 0 N–H and O–H groups in total. The van der Waals surface area contributed by atoms with Crippen molar-refractivity contribution in [1.29, 1.82) is 0 Å². The van der Waals surface area contributed by atoms with E-state index in [9.17, 15) is 4.39 Å². The van der Waals surface area contributed by atoms with Crippen molar-refractivity contribution in [3.8, 4) is 0 Å². The van der Waals surface area contributed by atoms with Gasteiger partial charge in [-0.15, -0.1) is 0 Å². The van der Waals surface area contributed by atoms with Gasteiger partial charge in [-0.3, -0.25) is 0 Å². The number of nitrogens with zero attached hydrogens (tertiary/aromatic N) is 1. The van der Waals surface area contributed by atoms with E-state index in [1.807, 2.05) is 0 Å². The first-order valence-corrected chi connectivity index (χ1v) is 1.22. The van der Waals surface area contributed by atoms with Gasteiger partial charge in [0.05, 0.1) is 0 Å². The molecule has 1 atom stereocenters. The van der Waals surface area contributed by atoms with Gasteiger partial charge in [0.2, 0.25) is 6.30 Å². The molecule has 0 aliphatic carbocycles. The minimum Gasteiger partial charge on any atom is -0.222 e. The quantitative estimate of drug-likeness (QED) is 0.319. The van der Waals surface area contributed by atoms with Crippen LogP contribution in [-0.4, -0.2) is 6.30 Å². The van der Waals surface area contributed by atoms with Gasteiger partial charge in [0, 0.05) is 0 Å². The monoisotopic (exact) mass is 73.0 g/mol. The molecule has 0 bridgehead atoms. The van der Waals surface area contributed by atoms with Crippen LogP contribution in [-0.2, 0) is 0 Å². The summed E-state index contributed by atoms with van der Waals surface area (Å²) in [6, 6.07) is 0. The molecule has 0 rings (SSSR count). The van der Waals surface area contributed by atoms with E-state index in [-0.39, 0.29) is 0 Å². The second-order valence-corrected chi connectivity index (χ2v) is 0.608. The fourth-order valence-electron chi connectivity index (χ4n) is 0. The molecule has 5 heavy (non-hydrogen) atoms. The standard InChI is InChI=1S/C3H4FN/c1-2-3(4)5/h2-3H,1H2. The number of hydrogen-bond donors (Lipinski definition) is 0. The lowest BCUT2D eigenvalue weighted by Gasteiger charge is -1.76. The molecule has 1 unspecified atom stereocenters. The maximum absolute atomic E-state index is 10.9. The zero-order valence-electron chi connectivity index (χ0n) is 2.69. The summed E-state index contributed by atoms with van der Waals surface area (Å²) in [7, 11) is 0. The van der Waals surface area contributed by atoms with Gasteiger partial charge < -0.3 is 0 Å². The normalized spacial score (nSPS) is 14.0. The molecule has 0 aromatic heterocycles. The van der Waals surface area contributed by atoms with Crippen LogP contribution in [0.3, 0.4) is 0 Å². The van der Waals surface area contributed by atoms with Crippen LogP contribution in [0.15, 0.2) is 12.7 Å². The Balaban J connectivity index is 2.83. The van der Waals surface area contributed by atoms with E-state index in [1.165, 1.54) is 0 Å². The number of hydrogen-bond acceptors (Lipinski definition) is 0. The van der Waals surface area contributed by atoms with Gasteiger partial charge in [-0.2, -0.15) is 0 Å². The smallest absolute Gasteiger partial charge is 0.201 e. The highest BCUT2D eigenvalue weighted by Crippen LogP contribution is 1.76. The molecule has 0 fully saturated rings. The molecule has 0 aromatic rings. The van der Waals surface area contributed by atoms with Crippen LogP contribution in [0.4, 0.5) is 4.39 Å². The molecule has 0 saturated carbocycles. The van der Waals surface area contributed by atoms with Gasteiger partial charge in [0.25, 0.3) is 0 Å². The third-order valence-corrected chi connectivity index (χ3v) is 0.194. The average molecular weight is 73.1 g/mol. The second-order valence-electron chi connectivity index (χ2n) is 0.608. The van der Waals surface area contributed by atoms with Gasteiger partial charge in [-0.25, -0.2) is 4.39 Å². The Morgan fingerprint density at radius 3 is 2.20 bits per heavy atom. The number of rotatable bonds is 1. The SMILES string of the molecule is C=CC([N])F. The van der Waals surface area contributed by atoms with Gasteiger partial charge in [-0.05, 0) is 6.08 Å². The lowest BCUT2D eigenvalue weighted by atomic mass is 10.6. The van der Waals surface area contributed by atoms with Crippen LogP contribution in [0.5, 0.6) is 0 Å². The molecule has 2 heteroatoms. The van der Waals surface area contributed by atoms with Gasteiger partial charge in [-0.1, -0.05) is 12.3 Å². The van der Waals surface area contributed by atoms with Crippen molar-refractivity contribution in [2.75, 3.05) is 0 Å². The van der Waals surface area contributed by atoms with E-state index in [0.717, 1.165) is 6.08 Å². The molecule has 0 aromatic carbocycles. The Morgan fingerprint density at radius 2 is 2.20 bits per heavy atom. The van der Waals surface area contributed by atoms with Crippen molar-refractivity contribution in [2.45, 2.75) is 6.30 Å². The van der Waals surface area contributed by atoms with Gasteiger partial charge in [0.15, 0.2) is 0 Å². The maximum atomic E-state index is 10.9. The predicted octanol–water partition coefficient (Wildman–Crippen LogP) is 0.537. The van der Waals surface area contributed by atoms with Crippen molar-refractivity contribution in [1.82, 2.24) is 5.73 Å². The zero-order valence-corrected chi connectivity index (χ0v) is 2.69. The van der Waals surface area contributed by atoms with E-state index in [2.05, 4.69) is 6.58 Å². The van der Waals surface area contributed by atoms with Gasteiger partial charge in [0.1, 0.15) is 0 Å². The second kappa shape index (κ2) is 1.91. The molecule has 0 aliphatic rings. The molecule has 0 aliphatic heterocycles. The summed E-state index contributed by atoms with van der Waals surface area (Å²) in [5.74, 6) is 0. The third-order valence-electron chi connectivity index (χ3n) is 0.194. The Bertz CT molecular complexity index is 33.9. The first-order valence-electron chi connectivity index (χ1n) is 1.22. The molecule has 28 valence electrons. The lowest BCUT2D eigenvalue weighted by molar-refractivity contribution is 0.402. The highest BCUT2D eigenvalue weighted by atomic mass is 19.1. The molecule has 0 spiro atoms. The molecule has 0 saturated heterocycles. The minimum atomic E-state index is -1.85. The topological polar surface area (TPSA) is 22.3 Å². The van der Waals surface area contributed by atoms with Crippen LogP contribution < -0.4 is 5.73 Å². The Morgan fingerprint density at radius 1 is 2.00 bits per heavy atom. The summed E-state index contributed by atoms with van der Waals surface area (Å²) in [5, 5.41) is 0. The van der Waals surface area contributed by atoms with Crippen molar-refractivity contribution < 1.29 is 4.39 Å². The molecule has 0 amide bonds. The molecular weight excluding hydrogens is 69.0 g/mol. The van der Waals surface area contributed by atoms with E-state index in [4.69, 9.17) is 5.73 Å². The maximum Gasteiger partial charge on any atom is 0.201 e. The molecule has 0 heterocycles. The summed E-state index contributed by atoms with van der Waals surface area (Å²) < 4.78 is 10.9. The number of alkyl halides is 1. The van der Waals surface area contributed by atoms with E-state index < -0.39 is 6.30 Å². The van der Waals surface area contributed by atoms with Crippen LogP contribution in [0.1, 0.15) is 0 Å². The van der Waals surface area contributed by atoms with Crippen LogP contribution in [0.25, 0.3) is 0 Å². The van der Waals surface area contributed by atoms with Crippen molar-refractivity contribution in [3.63, 3.8) is 0 Å². The summed E-state index contributed by atoms with van der Waals surface area (Å²) in [4.78, 5) is 0. The van der Waals surface area contributed by atoms with E-state index in [0.29, 0.717) is 0 Å². The van der Waals surface area contributed by atoms with E-state index in [1.54, 1.807) is 0 Å². The molecule has 1 nitrogen and oxygen atoms in total. The first-order chi connectivity index (χ1) is 2.27. The largest absolute Gasteiger partial charge is 0.222 e. The molecular formula is C3H4FN. The molecule has 2 radical (unpaired) electrons. The summed E-state index contributed by atoms with van der Waals surface area (Å²) in [6.07, 6.45) is -1.05. The average Bonchev–Trinajstić information content (AvgIpc) is 1.38. The fraction of sp³-hybridized carbons (Fsp3) is 0.333. The van der Waals surface area contributed by atoms with Crippen LogP contribution in [0, 0.1) is 0 Å². The van der Waals surface area contributed by atoms with Crippen LogP contribution >= 0.6 is 0 Å². The summed E-state index contributed by atoms with van der Waals surface area (Å²) >= 11 is 0. The third kappa shape index (κ3) is 3.63. The lowest BCUT2D eigenvalue weighted by Crippen LogP contribution is -1.90. The van der Waals surface area contributed by atoms with Crippen LogP contribution in [0.2, 0.25) is 0 Å². The van der Waals surface area contributed by atoms with Crippen molar-refractivity contribution in [2.24, 2.45) is 0 Å². The Labute approximate surface area is 30.3 Å². The van der Waals surface area contributed by atoms with Gasteiger partial charge >= 0.3 is 0 Å². The summed E-state index contributed by atoms with van der Waals surface area (Å²) in [5.41, 5.74) is 7.58. The highest BCUT2D eigenvalue weighted by molar-refractivity contribution is 4.70. The highest BCUT2D eigenvalue weighted by Gasteiger charge is 1.83. The fourth-order valence-corrected chi connectivity index (χ4v) is 0. The predicted molar refractivity (Wildman–Crippen MR) is 17.2 cm³/mol. The Kier molecular flexibility index (Phi) is 1.76. The van der Waals surface area contributed by atoms with Crippen molar-refractivity contribution in [3.05, 3.63) is 12.7 Å².